The molecule has 2 heterocycles. The molecule has 0 bridgehead atoms. The Morgan fingerprint density at radius 3 is 2.65 bits per heavy atom. The number of amides is 1. The van der Waals surface area contributed by atoms with Crippen LogP contribution in [-0.2, 0) is 16.1 Å². The van der Waals surface area contributed by atoms with E-state index in [1.807, 2.05) is 0 Å². The Morgan fingerprint density at radius 2 is 1.94 bits per heavy atom. The average molecular weight is 565 g/mol. The Bertz CT molecular complexity index is 1190. The maximum absolute atomic E-state index is 12.4. The summed E-state index contributed by atoms with van der Waals surface area (Å²) in [5, 5.41) is 3.35. The largest absolute Gasteiger partial charge is 0.514 e. The number of hydrogen-bond acceptors (Lipinski definition) is 5. The Morgan fingerprint density at radius 1 is 1.16 bits per heavy atom. The second kappa shape index (κ2) is 9.21. The topological polar surface area (TPSA) is 77.5 Å². The molecule has 0 fully saturated rings. The highest BCUT2D eigenvalue weighted by Crippen LogP contribution is 2.38. The van der Waals surface area contributed by atoms with E-state index < -0.39 is 6.16 Å². The van der Waals surface area contributed by atoms with Crippen molar-refractivity contribution in [3.63, 3.8) is 0 Å². The van der Waals surface area contributed by atoms with E-state index in [2.05, 4.69) is 42.2 Å². The molecule has 4 rings (SSSR count). The van der Waals surface area contributed by atoms with Gasteiger partial charge in [-0.2, -0.15) is 0 Å². The van der Waals surface area contributed by atoms with E-state index in [0.29, 0.717) is 30.8 Å². The number of benzene rings is 2. The van der Waals surface area contributed by atoms with Gasteiger partial charge in [0, 0.05) is 39.8 Å². The van der Waals surface area contributed by atoms with E-state index in [4.69, 9.17) is 21.1 Å². The van der Waals surface area contributed by atoms with Gasteiger partial charge in [-0.05, 0) is 79.9 Å². The van der Waals surface area contributed by atoms with Crippen molar-refractivity contribution in [1.29, 1.82) is 0 Å². The normalized spacial score (nSPS) is 13.6. The molecule has 1 N–H and O–H groups in total. The molecule has 0 aliphatic carbocycles. The second-order valence-electron chi connectivity index (χ2n) is 6.52. The van der Waals surface area contributed by atoms with E-state index in [1.165, 1.54) is 0 Å². The van der Waals surface area contributed by atoms with Crippen LogP contribution in [0.1, 0.15) is 16.7 Å². The summed E-state index contributed by atoms with van der Waals surface area (Å²) in [6.07, 6.45) is 4.12. The van der Waals surface area contributed by atoms with Crippen LogP contribution < -0.4 is 10.1 Å². The fraction of sp³-hybridized carbons (Fsp3) is 0.0455. The van der Waals surface area contributed by atoms with Crippen molar-refractivity contribution in [2.24, 2.45) is 0 Å². The predicted molar refractivity (Wildman–Crippen MR) is 125 cm³/mol. The molecule has 1 aliphatic rings. The number of hydrogen-bond donors (Lipinski definition) is 1. The monoisotopic (exact) mass is 562 g/mol. The minimum atomic E-state index is -0.852. The quantitative estimate of drug-likeness (QED) is 0.223. The summed E-state index contributed by atoms with van der Waals surface area (Å²) < 4.78 is 11.5. The summed E-state index contributed by atoms with van der Waals surface area (Å²) in [4.78, 5) is 28.4. The lowest BCUT2D eigenvalue weighted by atomic mass is 10.0. The first-order valence-electron chi connectivity index (χ1n) is 8.96. The van der Waals surface area contributed by atoms with Crippen molar-refractivity contribution in [2.45, 2.75) is 6.61 Å². The molecule has 1 amide bonds. The van der Waals surface area contributed by atoms with Gasteiger partial charge in [0.25, 0.3) is 5.91 Å². The third-order valence-corrected chi connectivity index (χ3v) is 5.77. The molecule has 2 aromatic carbocycles. The molecule has 6 nitrogen and oxygen atoms in total. The van der Waals surface area contributed by atoms with Gasteiger partial charge in [-0.25, -0.2) is 4.79 Å². The number of aromatic nitrogens is 1. The molecule has 0 saturated carbocycles. The lowest BCUT2D eigenvalue weighted by Gasteiger charge is -2.10. The summed E-state index contributed by atoms with van der Waals surface area (Å²) in [6, 6.07) is 12.2. The molecule has 9 heteroatoms. The van der Waals surface area contributed by atoms with Crippen molar-refractivity contribution in [1.82, 2.24) is 4.98 Å². The highest BCUT2D eigenvalue weighted by atomic mass is 79.9. The molecule has 156 valence electrons. The lowest BCUT2D eigenvalue weighted by molar-refractivity contribution is -0.110. The molecule has 0 unspecified atom stereocenters. The molecule has 0 radical (unpaired) electrons. The van der Waals surface area contributed by atoms with Crippen LogP contribution in [0, 0.1) is 0 Å². The molecule has 1 aromatic heterocycles. The minimum Gasteiger partial charge on any atom is -0.429 e. The van der Waals surface area contributed by atoms with Crippen molar-refractivity contribution in [3.05, 3.63) is 85.5 Å². The van der Waals surface area contributed by atoms with Crippen molar-refractivity contribution >= 4 is 72.9 Å². The van der Waals surface area contributed by atoms with Gasteiger partial charge < -0.3 is 14.8 Å². The van der Waals surface area contributed by atoms with Gasteiger partial charge in [0.1, 0.15) is 6.61 Å². The van der Waals surface area contributed by atoms with E-state index in [1.54, 1.807) is 60.9 Å². The van der Waals surface area contributed by atoms with E-state index in [-0.39, 0.29) is 18.3 Å². The Labute approximate surface area is 199 Å². The van der Waals surface area contributed by atoms with E-state index >= 15 is 0 Å². The highest BCUT2D eigenvalue weighted by Gasteiger charge is 2.24. The first-order chi connectivity index (χ1) is 14.9. The summed E-state index contributed by atoms with van der Waals surface area (Å²) in [7, 11) is 0. The third kappa shape index (κ3) is 4.98. The number of ether oxygens (including phenoxy) is 2. The average Bonchev–Trinajstić information content (AvgIpc) is 3.04. The van der Waals surface area contributed by atoms with Gasteiger partial charge in [0.2, 0.25) is 0 Å². The van der Waals surface area contributed by atoms with Gasteiger partial charge in [-0.3, -0.25) is 9.78 Å². The number of halogens is 3. The van der Waals surface area contributed by atoms with Gasteiger partial charge in [0.05, 0.1) is 8.95 Å². The molecular formula is C22H13Br2ClN2O4. The molecule has 0 spiro atoms. The maximum Gasteiger partial charge on any atom is 0.514 e. The van der Waals surface area contributed by atoms with Crippen LogP contribution in [0.15, 0.2) is 63.8 Å². The lowest BCUT2D eigenvalue weighted by Crippen LogP contribution is -2.11. The Balaban J connectivity index is 1.53. The Hall–Kier alpha value is -2.68. The molecule has 31 heavy (non-hydrogen) atoms. The van der Waals surface area contributed by atoms with Crippen LogP contribution in [0.5, 0.6) is 5.75 Å². The zero-order valence-corrected chi connectivity index (χ0v) is 19.6. The fourth-order valence-electron chi connectivity index (χ4n) is 2.97. The second-order valence-corrected chi connectivity index (χ2v) is 8.66. The van der Waals surface area contributed by atoms with Crippen LogP contribution in [-0.4, -0.2) is 17.0 Å². The number of rotatable bonds is 4. The standard InChI is InChI=1S/C22H13Br2ClN2O4/c23-17-7-13(6-16-15-9-14(25)3-4-19(15)27-21(16)28)8-18(24)20(17)31-22(29)30-11-12-2-1-5-26-10-12/h1-10H,11H2,(H,27,28). The molecular weight excluding hydrogens is 552 g/mol. The summed E-state index contributed by atoms with van der Waals surface area (Å²) in [6.45, 7) is 0.0448. The molecule has 0 saturated heterocycles. The molecule has 3 aromatic rings. The number of carbonyl (C=O) groups is 2. The van der Waals surface area contributed by atoms with Crippen LogP contribution in [0.3, 0.4) is 0 Å². The first-order valence-corrected chi connectivity index (χ1v) is 10.9. The Kier molecular flexibility index (Phi) is 6.41. The SMILES string of the molecule is O=C(OCc1cccnc1)Oc1c(Br)cc(C=C2C(=O)Nc3ccc(Cl)cc32)cc1Br. The fourth-order valence-corrected chi connectivity index (χ4v) is 4.52. The summed E-state index contributed by atoms with van der Waals surface area (Å²) in [5.74, 6) is 0.0430. The van der Waals surface area contributed by atoms with Crippen LogP contribution in [0.25, 0.3) is 11.6 Å². The van der Waals surface area contributed by atoms with Crippen molar-refractivity contribution in [2.75, 3.05) is 5.32 Å². The van der Waals surface area contributed by atoms with E-state index in [0.717, 1.165) is 11.1 Å². The number of fused-ring (bicyclic) bond motifs is 1. The smallest absolute Gasteiger partial charge is 0.429 e. The van der Waals surface area contributed by atoms with Crippen LogP contribution in [0.2, 0.25) is 5.02 Å². The van der Waals surface area contributed by atoms with Gasteiger partial charge in [0.15, 0.2) is 5.75 Å². The molecule has 1 aliphatic heterocycles. The number of carbonyl (C=O) groups excluding carboxylic acids is 2. The highest BCUT2D eigenvalue weighted by molar-refractivity contribution is 9.11. The van der Waals surface area contributed by atoms with Gasteiger partial charge >= 0.3 is 6.16 Å². The zero-order valence-electron chi connectivity index (χ0n) is 15.7. The summed E-state index contributed by atoms with van der Waals surface area (Å²) in [5.41, 5.74) is 3.38. The number of pyridine rings is 1. The van der Waals surface area contributed by atoms with Gasteiger partial charge in [-0.1, -0.05) is 17.7 Å². The number of nitrogens with zero attached hydrogens (tertiary/aromatic N) is 1. The van der Waals surface area contributed by atoms with Crippen molar-refractivity contribution < 1.29 is 19.1 Å². The van der Waals surface area contributed by atoms with Crippen molar-refractivity contribution in [3.8, 4) is 5.75 Å². The van der Waals surface area contributed by atoms with Crippen LogP contribution >= 0.6 is 43.5 Å². The van der Waals surface area contributed by atoms with Gasteiger partial charge in [-0.15, -0.1) is 0 Å². The number of anilines is 1. The maximum atomic E-state index is 12.4. The molecule has 0 atom stereocenters. The van der Waals surface area contributed by atoms with E-state index in [9.17, 15) is 9.59 Å². The summed E-state index contributed by atoms with van der Waals surface area (Å²) >= 11 is 12.9. The third-order valence-electron chi connectivity index (χ3n) is 4.36. The minimum absolute atomic E-state index is 0.0448. The number of nitrogens with one attached hydrogen (secondary N) is 1. The predicted octanol–water partition coefficient (Wildman–Crippen LogP) is 6.47. The van der Waals surface area contributed by atoms with Crippen LogP contribution in [0.4, 0.5) is 10.5 Å². The first kappa shape index (κ1) is 21.5. The zero-order chi connectivity index (χ0) is 22.0.